The van der Waals surface area contributed by atoms with Crippen LogP contribution < -0.4 is 0 Å². The molecule has 0 saturated heterocycles. The topological polar surface area (TPSA) is 0 Å². The van der Waals surface area contributed by atoms with E-state index in [1.165, 1.54) is 98.7 Å². The van der Waals surface area contributed by atoms with E-state index in [9.17, 15) is 0 Å². The third kappa shape index (κ3) is 5.00. The predicted octanol–water partition coefficient (Wildman–Crippen LogP) is 14.6. The van der Waals surface area contributed by atoms with Crippen molar-refractivity contribution in [3.05, 3.63) is 206 Å². The maximum atomic E-state index is 2.33. The molecule has 10 aromatic carbocycles. The summed E-state index contributed by atoms with van der Waals surface area (Å²) in [5.74, 6) is 0. The second kappa shape index (κ2) is 12.5. The fourth-order valence-electron chi connectivity index (χ4n) is 8.27. The molecular weight excluding hydrogens is 625 g/mol. The average molecular weight is 659 g/mol. The van der Waals surface area contributed by atoms with Gasteiger partial charge in [0.2, 0.25) is 0 Å². The van der Waals surface area contributed by atoms with Crippen molar-refractivity contribution in [3.8, 4) is 55.6 Å². The van der Waals surface area contributed by atoms with Crippen molar-refractivity contribution in [2.24, 2.45) is 0 Å². The van der Waals surface area contributed by atoms with Gasteiger partial charge in [-0.25, -0.2) is 0 Å². The van der Waals surface area contributed by atoms with Crippen molar-refractivity contribution < 1.29 is 0 Å². The van der Waals surface area contributed by atoms with Gasteiger partial charge in [-0.1, -0.05) is 200 Å². The molecule has 0 heterocycles. The van der Waals surface area contributed by atoms with Crippen LogP contribution in [0, 0.1) is 0 Å². The van der Waals surface area contributed by atoms with Crippen LogP contribution in [0.4, 0.5) is 0 Å². The molecule has 0 aliphatic heterocycles. The molecule has 0 unspecified atom stereocenters. The average Bonchev–Trinajstić information content (AvgIpc) is 3.22. The molecule has 0 heteroatoms. The fourth-order valence-corrected chi connectivity index (χ4v) is 8.27. The molecule has 0 N–H and O–H groups in total. The standard InChI is InChI=1S/C52H34/c1-2-15-37(16-3-1)42-20-8-9-22-44(42)46-26-13-27-49-51(45-25-12-19-38-17-6-7-21-43(38)45)48-24-11-10-23-47(48)50(52(46)49)39-31-28-36(29-32-39)41-33-30-35-14-4-5-18-40(35)34-41/h1-34H. The number of fused-ring (bicyclic) bond motifs is 4. The first-order valence-electron chi connectivity index (χ1n) is 18.0. The summed E-state index contributed by atoms with van der Waals surface area (Å²) >= 11 is 0. The molecule has 0 aromatic heterocycles. The smallest absolute Gasteiger partial charge is 0.00139 e. The molecule has 242 valence electrons. The lowest BCUT2D eigenvalue weighted by Crippen LogP contribution is -1.95. The molecular formula is C52H34. The van der Waals surface area contributed by atoms with E-state index >= 15 is 0 Å². The molecule has 0 bridgehead atoms. The lowest BCUT2D eigenvalue weighted by molar-refractivity contribution is 1.59. The summed E-state index contributed by atoms with van der Waals surface area (Å²) in [6.07, 6.45) is 0. The minimum Gasteiger partial charge on any atom is -0.0622 e. The minimum atomic E-state index is 1.21. The Bertz CT molecular complexity index is 2930. The highest BCUT2D eigenvalue weighted by Crippen LogP contribution is 2.49. The normalized spacial score (nSPS) is 11.5. The molecule has 52 heavy (non-hydrogen) atoms. The van der Waals surface area contributed by atoms with E-state index in [2.05, 4.69) is 206 Å². The summed E-state index contributed by atoms with van der Waals surface area (Å²) < 4.78 is 0. The second-order valence-corrected chi connectivity index (χ2v) is 13.6. The van der Waals surface area contributed by atoms with Crippen molar-refractivity contribution in [1.82, 2.24) is 0 Å². The van der Waals surface area contributed by atoms with Crippen LogP contribution in [0.25, 0.3) is 98.7 Å². The van der Waals surface area contributed by atoms with Crippen molar-refractivity contribution in [3.63, 3.8) is 0 Å². The second-order valence-electron chi connectivity index (χ2n) is 13.6. The van der Waals surface area contributed by atoms with Gasteiger partial charge in [-0.15, -0.1) is 0 Å². The molecule has 0 amide bonds. The number of hydrogen-bond donors (Lipinski definition) is 0. The number of rotatable bonds is 5. The Labute approximate surface area is 303 Å². The quantitative estimate of drug-likeness (QED) is 0.161. The molecule has 0 spiro atoms. The molecule has 0 fully saturated rings. The molecule has 0 aliphatic carbocycles. The predicted molar refractivity (Wildman–Crippen MR) is 224 cm³/mol. The summed E-state index contributed by atoms with van der Waals surface area (Å²) in [7, 11) is 0. The van der Waals surface area contributed by atoms with E-state index in [1.54, 1.807) is 0 Å². The van der Waals surface area contributed by atoms with Gasteiger partial charge in [0.25, 0.3) is 0 Å². The van der Waals surface area contributed by atoms with Crippen LogP contribution in [-0.4, -0.2) is 0 Å². The van der Waals surface area contributed by atoms with Gasteiger partial charge in [0.1, 0.15) is 0 Å². The Morgan fingerprint density at radius 3 is 1.54 bits per heavy atom. The largest absolute Gasteiger partial charge is 0.0622 e. The summed E-state index contributed by atoms with van der Waals surface area (Å²) in [6, 6.07) is 75.6. The molecule has 0 saturated carbocycles. The fraction of sp³-hybridized carbons (Fsp3) is 0. The van der Waals surface area contributed by atoms with Gasteiger partial charge in [-0.3, -0.25) is 0 Å². The molecule has 0 aliphatic rings. The van der Waals surface area contributed by atoms with Crippen LogP contribution in [0.15, 0.2) is 206 Å². The molecule has 10 rings (SSSR count). The monoisotopic (exact) mass is 658 g/mol. The van der Waals surface area contributed by atoms with Crippen molar-refractivity contribution in [1.29, 1.82) is 0 Å². The van der Waals surface area contributed by atoms with Crippen molar-refractivity contribution in [2.75, 3.05) is 0 Å². The minimum absolute atomic E-state index is 1.21. The van der Waals surface area contributed by atoms with Crippen LogP contribution in [0.1, 0.15) is 0 Å². The first kappa shape index (κ1) is 30.1. The third-order valence-corrected chi connectivity index (χ3v) is 10.7. The van der Waals surface area contributed by atoms with Gasteiger partial charge >= 0.3 is 0 Å². The van der Waals surface area contributed by atoms with E-state index in [0.717, 1.165) is 0 Å². The summed E-state index contributed by atoms with van der Waals surface area (Å²) in [5, 5.41) is 10.1. The van der Waals surface area contributed by atoms with Crippen molar-refractivity contribution in [2.45, 2.75) is 0 Å². The van der Waals surface area contributed by atoms with E-state index in [1.807, 2.05) is 0 Å². The van der Waals surface area contributed by atoms with Crippen LogP contribution in [0.5, 0.6) is 0 Å². The summed E-state index contributed by atoms with van der Waals surface area (Å²) in [5.41, 5.74) is 12.3. The summed E-state index contributed by atoms with van der Waals surface area (Å²) in [4.78, 5) is 0. The Hall–Kier alpha value is -6.76. The Morgan fingerprint density at radius 1 is 0.212 bits per heavy atom. The van der Waals surface area contributed by atoms with Gasteiger partial charge in [0.05, 0.1) is 0 Å². The SMILES string of the molecule is c1ccc(-c2ccccc2-c2cccc3c(-c4cccc5ccccc45)c4ccccc4c(-c4ccc(-c5ccc6ccccc6c5)cc4)c23)cc1. The molecule has 0 nitrogen and oxygen atoms in total. The van der Waals surface area contributed by atoms with Gasteiger partial charge < -0.3 is 0 Å². The lowest BCUT2D eigenvalue weighted by atomic mass is 9.81. The van der Waals surface area contributed by atoms with E-state index in [4.69, 9.17) is 0 Å². The lowest BCUT2D eigenvalue weighted by Gasteiger charge is -2.22. The highest BCUT2D eigenvalue weighted by atomic mass is 14.2. The maximum absolute atomic E-state index is 2.33. The van der Waals surface area contributed by atoms with Gasteiger partial charge in [0.15, 0.2) is 0 Å². The van der Waals surface area contributed by atoms with Crippen LogP contribution in [-0.2, 0) is 0 Å². The van der Waals surface area contributed by atoms with Gasteiger partial charge in [-0.2, -0.15) is 0 Å². The zero-order valence-electron chi connectivity index (χ0n) is 28.6. The third-order valence-electron chi connectivity index (χ3n) is 10.7. The van der Waals surface area contributed by atoms with E-state index in [-0.39, 0.29) is 0 Å². The molecule has 0 radical (unpaired) electrons. The number of benzene rings is 10. The van der Waals surface area contributed by atoms with Gasteiger partial charge in [-0.05, 0) is 105 Å². The first-order valence-corrected chi connectivity index (χ1v) is 18.0. The van der Waals surface area contributed by atoms with Gasteiger partial charge in [0, 0.05) is 0 Å². The zero-order valence-corrected chi connectivity index (χ0v) is 28.6. The van der Waals surface area contributed by atoms with Crippen LogP contribution >= 0.6 is 0 Å². The highest BCUT2D eigenvalue weighted by Gasteiger charge is 2.21. The Kier molecular flexibility index (Phi) is 7.25. The Morgan fingerprint density at radius 2 is 0.731 bits per heavy atom. The molecule has 0 atom stereocenters. The zero-order chi connectivity index (χ0) is 34.4. The van der Waals surface area contributed by atoms with Crippen LogP contribution in [0.2, 0.25) is 0 Å². The highest BCUT2D eigenvalue weighted by molar-refractivity contribution is 6.26. The Balaban J connectivity index is 1.30. The van der Waals surface area contributed by atoms with E-state index in [0.29, 0.717) is 0 Å². The van der Waals surface area contributed by atoms with Crippen LogP contribution in [0.3, 0.4) is 0 Å². The number of hydrogen-bond acceptors (Lipinski definition) is 0. The van der Waals surface area contributed by atoms with E-state index < -0.39 is 0 Å². The van der Waals surface area contributed by atoms with Crippen molar-refractivity contribution >= 4 is 43.1 Å². The summed E-state index contributed by atoms with van der Waals surface area (Å²) in [6.45, 7) is 0. The maximum Gasteiger partial charge on any atom is -0.00139 e. The first-order chi connectivity index (χ1) is 25.8. The molecule has 10 aromatic rings.